The first kappa shape index (κ1) is 19.1. The fourth-order valence-electron chi connectivity index (χ4n) is 4.07. The Morgan fingerprint density at radius 1 is 1.16 bits per heavy atom. The second-order valence-electron chi connectivity index (χ2n) is 7.83. The summed E-state index contributed by atoms with van der Waals surface area (Å²) in [4.78, 5) is 32.3. The first-order valence-electron chi connectivity index (χ1n) is 10.2. The molecule has 1 fully saturated rings. The molecule has 1 saturated carbocycles. The zero-order valence-corrected chi connectivity index (χ0v) is 18.2. The zero-order valence-electron chi connectivity index (χ0n) is 16.6. The van der Waals surface area contributed by atoms with Crippen molar-refractivity contribution in [3.8, 4) is 0 Å². The molecule has 1 aromatic carbocycles. The van der Waals surface area contributed by atoms with Crippen LogP contribution in [0.5, 0.6) is 0 Å². The SMILES string of the molecule is O=C1C=CC(=O)OS2(O1)C1=NCCN1C(c1csc3ccccc13)=C2COCC1CC1. The summed E-state index contributed by atoms with van der Waals surface area (Å²) < 4.78 is 19.0. The Balaban J connectivity index is 1.54. The molecule has 1 aromatic heterocycles. The van der Waals surface area contributed by atoms with Gasteiger partial charge in [0.05, 0.1) is 18.8 Å². The van der Waals surface area contributed by atoms with Crippen molar-refractivity contribution in [1.82, 2.24) is 4.90 Å². The Morgan fingerprint density at radius 2 is 1.94 bits per heavy atom. The molecule has 0 saturated heterocycles. The topological polar surface area (TPSA) is 77.4 Å². The average Bonchev–Trinajstić information content (AvgIpc) is 3.25. The van der Waals surface area contributed by atoms with Crippen molar-refractivity contribution in [2.24, 2.45) is 10.9 Å². The molecule has 4 aliphatic rings. The third kappa shape index (κ3) is 3.10. The van der Waals surface area contributed by atoms with E-state index in [1.807, 2.05) is 17.0 Å². The minimum Gasteiger partial charge on any atom is -0.375 e. The second-order valence-corrected chi connectivity index (χ2v) is 10.9. The Hall–Kier alpha value is -2.62. The van der Waals surface area contributed by atoms with Gasteiger partial charge >= 0.3 is 11.9 Å². The number of nitrogens with zero attached hydrogens (tertiary/aromatic N) is 2. The van der Waals surface area contributed by atoms with Gasteiger partial charge < -0.3 is 18.0 Å². The molecule has 0 amide bonds. The summed E-state index contributed by atoms with van der Waals surface area (Å²) in [6, 6.07) is 8.19. The molecule has 0 N–H and O–H groups in total. The zero-order chi connectivity index (χ0) is 21.0. The molecule has 0 bridgehead atoms. The lowest BCUT2D eigenvalue weighted by Crippen LogP contribution is -2.27. The maximum atomic E-state index is 12.5. The lowest BCUT2D eigenvalue weighted by Gasteiger charge is -2.37. The van der Waals surface area contributed by atoms with Crippen LogP contribution in [0.3, 0.4) is 0 Å². The van der Waals surface area contributed by atoms with Crippen LogP contribution in [-0.2, 0) is 22.7 Å². The highest BCUT2D eigenvalue weighted by Gasteiger charge is 2.53. The largest absolute Gasteiger partial charge is 0.375 e. The number of benzene rings is 1. The van der Waals surface area contributed by atoms with Gasteiger partial charge in [-0.25, -0.2) is 14.6 Å². The van der Waals surface area contributed by atoms with E-state index in [0.717, 1.165) is 33.5 Å². The molecule has 1 aliphatic carbocycles. The quantitative estimate of drug-likeness (QED) is 0.678. The van der Waals surface area contributed by atoms with Gasteiger partial charge in [0.1, 0.15) is 4.91 Å². The lowest BCUT2D eigenvalue weighted by atomic mass is 10.1. The van der Waals surface area contributed by atoms with Gasteiger partial charge in [-0.2, -0.15) is 0 Å². The highest BCUT2D eigenvalue weighted by atomic mass is 32.3. The maximum Gasteiger partial charge on any atom is 0.354 e. The average molecular weight is 457 g/mol. The Bertz CT molecular complexity index is 1170. The molecule has 2 aromatic rings. The molecular weight excluding hydrogens is 436 g/mol. The monoisotopic (exact) mass is 456 g/mol. The Morgan fingerprint density at radius 3 is 2.71 bits per heavy atom. The van der Waals surface area contributed by atoms with E-state index in [9.17, 15) is 9.59 Å². The number of hydrogen-bond acceptors (Lipinski definition) is 8. The molecule has 6 rings (SSSR count). The highest BCUT2D eigenvalue weighted by Crippen LogP contribution is 2.68. The Kier molecular flexibility index (Phi) is 4.45. The number of ether oxygens (including phenoxy) is 1. The summed E-state index contributed by atoms with van der Waals surface area (Å²) >= 11 is 1.66. The number of aliphatic imine (C=N–C) groups is 1. The van der Waals surface area contributed by atoms with Gasteiger partial charge in [-0.15, -0.1) is 11.3 Å². The predicted molar refractivity (Wildman–Crippen MR) is 120 cm³/mol. The molecule has 4 heterocycles. The molecule has 0 unspecified atom stereocenters. The number of carbonyl (C=O) groups is 2. The van der Waals surface area contributed by atoms with Gasteiger partial charge in [-0.1, -0.05) is 18.2 Å². The first-order valence-corrected chi connectivity index (χ1v) is 12.6. The van der Waals surface area contributed by atoms with Crippen molar-refractivity contribution in [2.75, 3.05) is 26.3 Å². The van der Waals surface area contributed by atoms with Crippen LogP contribution < -0.4 is 0 Å². The van der Waals surface area contributed by atoms with E-state index in [-0.39, 0.29) is 6.61 Å². The lowest BCUT2D eigenvalue weighted by molar-refractivity contribution is -0.129. The van der Waals surface area contributed by atoms with Gasteiger partial charge in [0.2, 0.25) is 5.17 Å². The number of rotatable bonds is 5. The molecule has 160 valence electrons. The normalized spacial score (nSPS) is 23.1. The fourth-order valence-corrected chi connectivity index (χ4v) is 7.64. The summed E-state index contributed by atoms with van der Waals surface area (Å²) in [5.41, 5.74) is 1.91. The molecule has 31 heavy (non-hydrogen) atoms. The maximum absolute atomic E-state index is 12.5. The summed E-state index contributed by atoms with van der Waals surface area (Å²) in [5, 5.41) is 3.73. The van der Waals surface area contributed by atoms with E-state index >= 15 is 0 Å². The number of thiophene rings is 1. The summed E-state index contributed by atoms with van der Waals surface area (Å²) in [6.45, 7) is 2.05. The highest BCUT2D eigenvalue weighted by molar-refractivity contribution is 8.42. The summed E-state index contributed by atoms with van der Waals surface area (Å²) in [5.74, 6) is -0.630. The first-order chi connectivity index (χ1) is 15.2. The van der Waals surface area contributed by atoms with Crippen molar-refractivity contribution < 1.29 is 22.7 Å². The van der Waals surface area contributed by atoms with Crippen molar-refractivity contribution in [1.29, 1.82) is 0 Å². The van der Waals surface area contributed by atoms with E-state index < -0.39 is 22.5 Å². The van der Waals surface area contributed by atoms with Crippen LogP contribution in [0.1, 0.15) is 18.4 Å². The van der Waals surface area contributed by atoms with Crippen molar-refractivity contribution in [2.45, 2.75) is 12.8 Å². The van der Waals surface area contributed by atoms with Gasteiger partial charge in [0, 0.05) is 46.3 Å². The molecule has 1 spiro atoms. The third-order valence-corrected chi connectivity index (χ3v) is 9.23. The number of carbonyl (C=O) groups excluding carboxylic acids is 2. The van der Waals surface area contributed by atoms with Crippen molar-refractivity contribution >= 4 is 54.8 Å². The minimum atomic E-state index is -2.86. The molecule has 9 heteroatoms. The van der Waals surface area contributed by atoms with Crippen LogP contribution >= 0.6 is 21.9 Å². The minimum absolute atomic E-state index is 0.224. The smallest absolute Gasteiger partial charge is 0.354 e. The van der Waals surface area contributed by atoms with Gasteiger partial charge in [0.25, 0.3) is 0 Å². The number of hydrogen-bond donors (Lipinski definition) is 0. The van der Waals surface area contributed by atoms with E-state index in [1.54, 1.807) is 11.3 Å². The number of fused-ring (bicyclic) bond motifs is 3. The van der Waals surface area contributed by atoms with Crippen LogP contribution in [0.15, 0.2) is 51.7 Å². The van der Waals surface area contributed by atoms with E-state index in [1.165, 1.54) is 12.8 Å². The molecule has 7 nitrogen and oxygen atoms in total. The van der Waals surface area contributed by atoms with Crippen LogP contribution in [0, 0.1) is 5.92 Å². The second kappa shape index (κ2) is 7.22. The predicted octanol–water partition coefficient (Wildman–Crippen LogP) is 3.97. The molecule has 3 aliphatic heterocycles. The van der Waals surface area contributed by atoms with E-state index in [2.05, 4.69) is 22.5 Å². The number of amidine groups is 1. The van der Waals surface area contributed by atoms with Gasteiger partial charge in [0.15, 0.2) is 0 Å². The van der Waals surface area contributed by atoms with Gasteiger partial charge in [-0.3, -0.25) is 0 Å². The summed E-state index contributed by atoms with van der Waals surface area (Å²) in [7, 11) is -2.86. The van der Waals surface area contributed by atoms with Crippen LogP contribution in [-0.4, -0.2) is 48.3 Å². The van der Waals surface area contributed by atoms with Crippen LogP contribution in [0.4, 0.5) is 0 Å². The van der Waals surface area contributed by atoms with Gasteiger partial charge in [-0.05, 0) is 35.4 Å². The van der Waals surface area contributed by atoms with Crippen molar-refractivity contribution in [3.63, 3.8) is 0 Å². The van der Waals surface area contributed by atoms with Crippen LogP contribution in [0.25, 0.3) is 15.8 Å². The van der Waals surface area contributed by atoms with E-state index in [4.69, 9.17) is 13.1 Å². The summed E-state index contributed by atoms with van der Waals surface area (Å²) in [6.07, 6.45) is 4.58. The fraction of sp³-hybridized carbons (Fsp3) is 0.318. The molecule has 0 atom stereocenters. The molecular formula is C22H20N2O5S2. The standard InChI is InChI=1S/C22H20N2O5S2/c25-19-7-8-20(26)29-31(28-19)18(12-27-11-14-5-6-14)21(24-10-9-23-22(24)31)16-13-30-17-4-2-1-3-15(16)17/h1-4,7-8,13-14H,5-6,9-12H2. The van der Waals surface area contributed by atoms with Crippen LogP contribution in [0.2, 0.25) is 0 Å². The Labute approximate surface area is 184 Å². The van der Waals surface area contributed by atoms with E-state index in [0.29, 0.717) is 35.7 Å². The van der Waals surface area contributed by atoms with Crippen molar-refractivity contribution in [3.05, 3.63) is 52.3 Å². The molecule has 0 radical (unpaired) electrons. The third-order valence-electron chi connectivity index (χ3n) is 5.67.